The first-order valence-corrected chi connectivity index (χ1v) is 8.50. The Hall–Kier alpha value is -3.28. The third kappa shape index (κ3) is 3.03. The monoisotopic (exact) mass is 371 g/mol. The number of nitrogens with zero attached hydrogens (tertiary/aromatic N) is 4. The Morgan fingerprint density at radius 1 is 1.44 bits per heavy atom. The van der Waals surface area contributed by atoms with E-state index in [1.807, 2.05) is 6.07 Å². The van der Waals surface area contributed by atoms with E-state index in [0.29, 0.717) is 6.61 Å². The molecule has 2 heterocycles. The normalized spacial score (nSPS) is 13.9. The van der Waals surface area contributed by atoms with Crippen molar-refractivity contribution in [2.24, 2.45) is 0 Å². The van der Waals surface area contributed by atoms with E-state index >= 15 is 0 Å². The molecule has 0 radical (unpaired) electrons. The van der Waals surface area contributed by atoms with Crippen molar-refractivity contribution < 1.29 is 13.5 Å². The molecular formula is C18H15F2N5O2. The maximum atomic E-state index is 13.7. The molecule has 1 fully saturated rings. The van der Waals surface area contributed by atoms with Crippen molar-refractivity contribution in [2.75, 3.05) is 6.61 Å². The standard InChI is InChI=1S/C18H15F2N5O2/c1-2-27-18-22-16-13(17(26)23-18)8-25(24-16)14-11(7-21)5-10(9-3-4-9)6-12(14)15(19)20/h5-6,8-9,15H,2-4H2,1H3,(H,22,23,24,26). The molecule has 9 heteroatoms. The van der Waals surface area contributed by atoms with E-state index in [-0.39, 0.29) is 39.8 Å². The van der Waals surface area contributed by atoms with Gasteiger partial charge in [0.2, 0.25) is 0 Å². The van der Waals surface area contributed by atoms with Crippen LogP contribution in [0.5, 0.6) is 6.01 Å². The van der Waals surface area contributed by atoms with Crippen LogP contribution in [0.1, 0.15) is 48.8 Å². The van der Waals surface area contributed by atoms with Gasteiger partial charge in [-0.15, -0.1) is 5.10 Å². The van der Waals surface area contributed by atoms with Gasteiger partial charge in [-0.05, 0) is 43.4 Å². The van der Waals surface area contributed by atoms with Gasteiger partial charge in [0, 0.05) is 11.8 Å². The van der Waals surface area contributed by atoms with Crippen molar-refractivity contribution in [1.82, 2.24) is 19.7 Å². The van der Waals surface area contributed by atoms with Crippen molar-refractivity contribution >= 4 is 11.0 Å². The fraction of sp³-hybridized carbons (Fsp3) is 0.333. The van der Waals surface area contributed by atoms with Crippen molar-refractivity contribution in [3.05, 3.63) is 45.4 Å². The predicted molar refractivity (Wildman–Crippen MR) is 92.3 cm³/mol. The number of H-pyrrole nitrogens is 1. The Morgan fingerprint density at radius 2 is 2.22 bits per heavy atom. The lowest BCUT2D eigenvalue weighted by atomic mass is 10.0. The van der Waals surface area contributed by atoms with Gasteiger partial charge in [0.1, 0.15) is 11.5 Å². The summed E-state index contributed by atoms with van der Waals surface area (Å²) < 4.78 is 33.8. The van der Waals surface area contributed by atoms with Gasteiger partial charge in [0.15, 0.2) is 5.65 Å². The molecule has 2 aromatic heterocycles. The Bertz CT molecular complexity index is 1130. The maximum Gasteiger partial charge on any atom is 0.298 e. The van der Waals surface area contributed by atoms with Gasteiger partial charge in [0.25, 0.3) is 18.0 Å². The number of benzene rings is 1. The number of rotatable bonds is 5. The predicted octanol–water partition coefficient (Wildman–Crippen LogP) is 3.19. The van der Waals surface area contributed by atoms with Crippen LogP contribution in [0.4, 0.5) is 8.78 Å². The van der Waals surface area contributed by atoms with Gasteiger partial charge in [0.05, 0.1) is 17.9 Å². The molecule has 3 aromatic rings. The number of nitriles is 1. The van der Waals surface area contributed by atoms with Gasteiger partial charge in [-0.1, -0.05) is 0 Å². The minimum atomic E-state index is -2.79. The number of hydrogen-bond acceptors (Lipinski definition) is 5. The summed E-state index contributed by atoms with van der Waals surface area (Å²) in [5.74, 6) is 0.221. The van der Waals surface area contributed by atoms with Gasteiger partial charge < -0.3 is 4.74 Å². The van der Waals surface area contributed by atoms with Crippen LogP contribution in [0.3, 0.4) is 0 Å². The highest BCUT2D eigenvalue weighted by Gasteiger charge is 2.28. The molecule has 138 valence electrons. The SMILES string of the molecule is CCOc1nc2nn(-c3c(C#N)cc(C4CC4)cc3C(F)F)cc2c(=O)[nH]1. The average Bonchev–Trinajstić information content (AvgIpc) is 3.40. The fourth-order valence-electron chi connectivity index (χ4n) is 3.06. The van der Waals surface area contributed by atoms with Gasteiger partial charge in [-0.25, -0.2) is 13.5 Å². The summed E-state index contributed by atoms with van der Waals surface area (Å²) in [5, 5.41) is 13.8. The molecule has 1 N–H and O–H groups in total. The van der Waals surface area contributed by atoms with E-state index in [1.54, 1.807) is 13.0 Å². The first-order chi connectivity index (χ1) is 13.0. The van der Waals surface area contributed by atoms with Gasteiger partial charge in [-0.3, -0.25) is 9.78 Å². The summed E-state index contributed by atoms with van der Waals surface area (Å²) in [6, 6.07) is 5.02. The Kier molecular flexibility index (Phi) is 4.11. The molecule has 1 aliphatic rings. The van der Waals surface area contributed by atoms with Crippen LogP contribution in [0.15, 0.2) is 23.1 Å². The van der Waals surface area contributed by atoms with Crippen molar-refractivity contribution in [3.63, 3.8) is 0 Å². The van der Waals surface area contributed by atoms with Crippen LogP contribution in [-0.4, -0.2) is 26.4 Å². The summed E-state index contributed by atoms with van der Waals surface area (Å²) in [5.41, 5.74) is 0.0531. The van der Waals surface area contributed by atoms with Crippen LogP contribution in [0.2, 0.25) is 0 Å². The van der Waals surface area contributed by atoms with E-state index in [2.05, 4.69) is 15.1 Å². The highest BCUT2D eigenvalue weighted by molar-refractivity contribution is 5.74. The number of nitrogens with one attached hydrogen (secondary N) is 1. The molecule has 0 amide bonds. The summed E-state index contributed by atoms with van der Waals surface area (Å²) >= 11 is 0. The lowest BCUT2D eigenvalue weighted by Gasteiger charge is -2.13. The number of ether oxygens (including phenoxy) is 1. The summed E-state index contributed by atoms with van der Waals surface area (Å²) in [4.78, 5) is 18.7. The van der Waals surface area contributed by atoms with Gasteiger partial charge >= 0.3 is 0 Å². The highest BCUT2D eigenvalue weighted by Crippen LogP contribution is 2.43. The summed E-state index contributed by atoms with van der Waals surface area (Å²) in [6.07, 6.45) is 0.370. The molecular weight excluding hydrogens is 356 g/mol. The molecule has 0 saturated heterocycles. The van der Waals surface area contributed by atoms with Crippen LogP contribution >= 0.6 is 0 Å². The minimum absolute atomic E-state index is 0.000999. The average molecular weight is 371 g/mol. The first-order valence-electron chi connectivity index (χ1n) is 8.50. The largest absolute Gasteiger partial charge is 0.465 e. The Labute approximate surface area is 152 Å². The zero-order chi connectivity index (χ0) is 19.1. The molecule has 0 aliphatic heterocycles. The quantitative estimate of drug-likeness (QED) is 0.743. The second kappa shape index (κ2) is 6.46. The molecule has 1 saturated carbocycles. The van der Waals surface area contributed by atoms with Gasteiger partial charge in [-0.2, -0.15) is 10.2 Å². The number of aromatic amines is 1. The molecule has 0 atom stereocenters. The molecule has 27 heavy (non-hydrogen) atoms. The van der Waals surface area contributed by atoms with E-state index in [1.165, 1.54) is 12.3 Å². The number of aromatic nitrogens is 4. The van der Waals surface area contributed by atoms with Crippen LogP contribution in [0, 0.1) is 11.3 Å². The molecule has 4 rings (SSSR count). The number of hydrogen-bond donors (Lipinski definition) is 1. The van der Waals surface area contributed by atoms with E-state index < -0.39 is 12.0 Å². The molecule has 0 bridgehead atoms. The molecule has 7 nitrogen and oxygen atoms in total. The van der Waals surface area contributed by atoms with Crippen molar-refractivity contribution in [3.8, 4) is 17.8 Å². The third-order valence-corrected chi connectivity index (χ3v) is 4.44. The van der Waals surface area contributed by atoms with Crippen LogP contribution in [-0.2, 0) is 0 Å². The van der Waals surface area contributed by atoms with Crippen molar-refractivity contribution in [1.29, 1.82) is 5.26 Å². The second-order valence-corrected chi connectivity index (χ2v) is 6.31. The Morgan fingerprint density at radius 3 is 2.85 bits per heavy atom. The third-order valence-electron chi connectivity index (χ3n) is 4.44. The minimum Gasteiger partial charge on any atom is -0.465 e. The number of halogens is 2. The fourth-order valence-corrected chi connectivity index (χ4v) is 3.06. The molecule has 1 aromatic carbocycles. The van der Waals surface area contributed by atoms with Crippen molar-refractivity contribution in [2.45, 2.75) is 32.1 Å². The van der Waals surface area contributed by atoms with Crippen LogP contribution < -0.4 is 10.3 Å². The highest BCUT2D eigenvalue weighted by atomic mass is 19.3. The van der Waals surface area contributed by atoms with E-state index in [0.717, 1.165) is 23.1 Å². The molecule has 0 spiro atoms. The zero-order valence-corrected chi connectivity index (χ0v) is 14.4. The lowest BCUT2D eigenvalue weighted by molar-refractivity contribution is 0.151. The van der Waals surface area contributed by atoms with Crippen LogP contribution in [0.25, 0.3) is 16.7 Å². The first kappa shape index (κ1) is 17.1. The number of fused-ring (bicyclic) bond motifs is 1. The summed E-state index contributed by atoms with van der Waals surface area (Å²) in [7, 11) is 0. The number of alkyl halides is 2. The topological polar surface area (TPSA) is 96.6 Å². The van der Waals surface area contributed by atoms with E-state index in [4.69, 9.17) is 4.74 Å². The lowest BCUT2D eigenvalue weighted by Crippen LogP contribution is -2.09. The maximum absolute atomic E-state index is 13.7. The Balaban J connectivity index is 1.93. The van der Waals surface area contributed by atoms with E-state index in [9.17, 15) is 18.8 Å². The zero-order valence-electron chi connectivity index (χ0n) is 14.4. The molecule has 0 unspecified atom stereocenters. The smallest absolute Gasteiger partial charge is 0.298 e. The molecule has 1 aliphatic carbocycles. The second-order valence-electron chi connectivity index (χ2n) is 6.31. The summed E-state index contributed by atoms with van der Waals surface area (Å²) in [6.45, 7) is 2.03.